The van der Waals surface area contributed by atoms with Crippen molar-refractivity contribution in [3.05, 3.63) is 29.3 Å². The van der Waals surface area contributed by atoms with Crippen LogP contribution in [0, 0.1) is 23.3 Å². The summed E-state index contributed by atoms with van der Waals surface area (Å²) in [5.74, 6) is -7.38. The summed E-state index contributed by atoms with van der Waals surface area (Å²) in [6.45, 7) is 0.982. The van der Waals surface area contributed by atoms with Gasteiger partial charge in [-0.05, 0) is 19.4 Å². The summed E-state index contributed by atoms with van der Waals surface area (Å²) >= 11 is 0. The molecule has 1 aromatic rings. The van der Waals surface area contributed by atoms with E-state index in [1.807, 2.05) is 4.72 Å². The molecule has 120 valence electrons. The topological polar surface area (TPSA) is 58.2 Å². The molecule has 1 atom stereocenters. The number of halogens is 5. The highest BCUT2D eigenvalue weighted by Crippen LogP contribution is 2.24. The van der Waals surface area contributed by atoms with Gasteiger partial charge in [0.2, 0.25) is 10.0 Å². The van der Waals surface area contributed by atoms with Crippen LogP contribution in [0.4, 0.5) is 17.6 Å². The summed E-state index contributed by atoms with van der Waals surface area (Å²) in [7, 11) is -4.69. The molecule has 0 saturated carbocycles. The minimum Gasteiger partial charge on any atom is -0.315 e. The molecular weight excluding hydrogens is 336 g/mol. The van der Waals surface area contributed by atoms with Gasteiger partial charge in [0.05, 0.1) is 0 Å². The van der Waals surface area contributed by atoms with Crippen molar-refractivity contribution >= 4 is 22.4 Å². The maximum absolute atomic E-state index is 13.5. The fourth-order valence-corrected chi connectivity index (χ4v) is 3.44. The second-order valence-electron chi connectivity index (χ2n) is 4.46. The average Bonchev–Trinajstić information content (AvgIpc) is 2.37. The SMILES string of the molecule is Cl.O=S(=O)(N[C@H]1CCCNC1)c1c(F)c(F)cc(F)c1F. The standard InChI is InChI=1S/C11H12F4N2O2S.ClH/c12-7-4-8(13)10(15)11(9(7)14)20(18,19)17-6-2-1-3-16-5-6;/h4,6,16-17H,1-3,5H2;1H/t6-;/m0./s1. The van der Waals surface area contributed by atoms with Crippen LogP contribution in [-0.2, 0) is 10.0 Å². The van der Waals surface area contributed by atoms with E-state index in [2.05, 4.69) is 5.32 Å². The van der Waals surface area contributed by atoms with Crippen LogP contribution in [0.1, 0.15) is 12.8 Å². The molecule has 2 N–H and O–H groups in total. The van der Waals surface area contributed by atoms with E-state index < -0.39 is 44.2 Å². The number of piperidine rings is 1. The van der Waals surface area contributed by atoms with E-state index in [0.717, 1.165) is 0 Å². The van der Waals surface area contributed by atoms with Gasteiger partial charge in [-0.2, -0.15) is 0 Å². The maximum Gasteiger partial charge on any atom is 0.246 e. The molecule has 1 fully saturated rings. The van der Waals surface area contributed by atoms with E-state index in [9.17, 15) is 26.0 Å². The number of hydrogen-bond acceptors (Lipinski definition) is 3. The Bertz CT molecular complexity index is 595. The van der Waals surface area contributed by atoms with Crippen LogP contribution in [0.2, 0.25) is 0 Å². The molecule has 4 nitrogen and oxygen atoms in total. The lowest BCUT2D eigenvalue weighted by atomic mass is 10.1. The Hall–Kier alpha value is -0.900. The molecule has 0 aliphatic carbocycles. The lowest BCUT2D eigenvalue weighted by Gasteiger charge is -2.23. The van der Waals surface area contributed by atoms with E-state index in [4.69, 9.17) is 0 Å². The van der Waals surface area contributed by atoms with Crippen LogP contribution in [0.3, 0.4) is 0 Å². The van der Waals surface area contributed by atoms with Crippen molar-refractivity contribution in [2.45, 2.75) is 23.8 Å². The molecule has 2 rings (SSSR count). The molecule has 1 heterocycles. The number of sulfonamides is 1. The lowest BCUT2D eigenvalue weighted by molar-refractivity contribution is 0.407. The third kappa shape index (κ3) is 3.85. The zero-order valence-electron chi connectivity index (χ0n) is 10.6. The molecule has 0 aromatic heterocycles. The molecule has 1 saturated heterocycles. The predicted molar refractivity (Wildman–Crippen MR) is 69.7 cm³/mol. The fraction of sp³-hybridized carbons (Fsp3) is 0.455. The number of hydrogen-bond donors (Lipinski definition) is 2. The first kappa shape index (κ1) is 18.1. The van der Waals surface area contributed by atoms with Crippen molar-refractivity contribution in [2.24, 2.45) is 0 Å². The summed E-state index contributed by atoms with van der Waals surface area (Å²) in [5.41, 5.74) is 0. The first-order valence-electron chi connectivity index (χ1n) is 5.89. The van der Waals surface area contributed by atoms with Gasteiger partial charge in [-0.3, -0.25) is 0 Å². The van der Waals surface area contributed by atoms with Crippen LogP contribution < -0.4 is 10.0 Å². The molecular formula is C11H13ClF4N2O2S. The molecule has 0 amide bonds. The zero-order chi connectivity index (χ0) is 14.9. The fourth-order valence-electron chi connectivity index (χ4n) is 2.02. The third-order valence-corrected chi connectivity index (χ3v) is 4.50. The predicted octanol–water partition coefficient (Wildman–Crippen LogP) is 1.70. The van der Waals surface area contributed by atoms with Gasteiger partial charge in [0, 0.05) is 18.7 Å². The minimum atomic E-state index is -4.69. The Morgan fingerprint density at radius 1 is 1.14 bits per heavy atom. The van der Waals surface area contributed by atoms with Crippen molar-refractivity contribution < 1.29 is 26.0 Å². The molecule has 21 heavy (non-hydrogen) atoms. The van der Waals surface area contributed by atoms with Gasteiger partial charge in [0.1, 0.15) is 0 Å². The highest BCUT2D eigenvalue weighted by molar-refractivity contribution is 7.89. The van der Waals surface area contributed by atoms with Crippen molar-refractivity contribution in [1.82, 2.24) is 10.0 Å². The molecule has 0 bridgehead atoms. The van der Waals surface area contributed by atoms with Crippen molar-refractivity contribution in [3.63, 3.8) is 0 Å². The molecule has 1 aliphatic rings. The third-order valence-electron chi connectivity index (χ3n) is 2.96. The van der Waals surface area contributed by atoms with Crippen molar-refractivity contribution in [3.8, 4) is 0 Å². The Balaban J connectivity index is 0.00000220. The number of benzene rings is 1. The zero-order valence-corrected chi connectivity index (χ0v) is 12.3. The largest absolute Gasteiger partial charge is 0.315 e. The highest BCUT2D eigenvalue weighted by atomic mass is 35.5. The molecule has 1 aliphatic heterocycles. The van der Waals surface area contributed by atoms with Crippen LogP contribution in [0.25, 0.3) is 0 Å². The number of nitrogens with one attached hydrogen (secondary N) is 2. The average molecular weight is 349 g/mol. The van der Waals surface area contributed by atoms with E-state index >= 15 is 0 Å². The van der Waals surface area contributed by atoms with E-state index in [1.54, 1.807) is 0 Å². The van der Waals surface area contributed by atoms with Gasteiger partial charge in [0.25, 0.3) is 0 Å². The second-order valence-corrected chi connectivity index (χ2v) is 6.11. The Morgan fingerprint density at radius 2 is 1.71 bits per heavy atom. The van der Waals surface area contributed by atoms with Crippen molar-refractivity contribution in [1.29, 1.82) is 0 Å². The van der Waals surface area contributed by atoms with E-state index in [-0.39, 0.29) is 25.0 Å². The van der Waals surface area contributed by atoms with E-state index in [1.165, 1.54) is 0 Å². The summed E-state index contributed by atoms with van der Waals surface area (Å²) in [6, 6.07) is -0.620. The first-order chi connectivity index (χ1) is 9.33. The lowest BCUT2D eigenvalue weighted by Crippen LogP contribution is -2.45. The summed E-state index contributed by atoms with van der Waals surface area (Å²) < 4.78 is 78.9. The highest BCUT2D eigenvalue weighted by Gasteiger charge is 2.31. The molecule has 0 radical (unpaired) electrons. The monoisotopic (exact) mass is 348 g/mol. The first-order valence-corrected chi connectivity index (χ1v) is 7.37. The molecule has 10 heteroatoms. The molecule has 0 unspecified atom stereocenters. The van der Waals surface area contributed by atoms with Crippen LogP contribution in [0.15, 0.2) is 11.0 Å². The summed E-state index contributed by atoms with van der Waals surface area (Å²) in [5, 5.41) is 2.90. The maximum atomic E-state index is 13.5. The number of rotatable bonds is 3. The summed E-state index contributed by atoms with van der Waals surface area (Å²) in [6.07, 6.45) is 1.14. The Kier molecular flexibility index (Phi) is 5.97. The summed E-state index contributed by atoms with van der Waals surface area (Å²) in [4.78, 5) is -1.62. The van der Waals surface area contributed by atoms with Gasteiger partial charge in [-0.15, -0.1) is 12.4 Å². The van der Waals surface area contributed by atoms with Gasteiger partial charge in [0.15, 0.2) is 28.2 Å². The van der Waals surface area contributed by atoms with E-state index in [0.29, 0.717) is 19.4 Å². The quantitative estimate of drug-likeness (QED) is 0.645. The Labute approximate surface area is 125 Å². The van der Waals surface area contributed by atoms with Gasteiger partial charge >= 0.3 is 0 Å². The normalized spacial score (nSPS) is 19.1. The Morgan fingerprint density at radius 3 is 2.19 bits per heavy atom. The molecule has 0 spiro atoms. The van der Waals surface area contributed by atoms with Gasteiger partial charge in [-0.25, -0.2) is 30.7 Å². The van der Waals surface area contributed by atoms with Gasteiger partial charge < -0.3 is 5.32 Å². The smallest absolute Gasteiger partial charge is 0.246 e. The van der Waals surface area contributed by atoms with Crippen LogP contribution >= 0.6 is 12.4 Å². The van der Waals surface area contributed by atoms with Crippen LogP contribution in [0.5, 0.6) is 0 Å². The van der Waals surface area contributed by atoms with Gasteiger partial charge in [-0.1, -0.05) is 0 Å². The molecule has 1 aromatic carbocycles. The minimum absolute atomic E-state index is 0. The second kappa shape index (κ2) is 6.91. The van der Waals surface area contributed by atoms with Crippen molar-refractivity contribution in [2.75, 3.05) is 13.1 Å². The van der Waals surface area contributed by atoms with Crippen LogP contribution in [-0.4, -0.2) is 27.5 Å².